The SMILES string of the molecule is C=C/C(=C\C=C/C)B1OC(C)(C)C(C)(C)O1.CC. The van der Waals surface area contributed by atoms with Crippen LogP contribution >= 0.6 is 0 Å². The summed E-state index contributed by atoms with van der Waals surface area (Å²) in [6.45, 7) is 17.9. The topological polar surface area (TPSA) is 18.5 Å². The predicted octanol–water partition coefficient (Wildman–Crippen LogP) is 4.33. The highest BCUT2D eigenvalue weighted by molar-refractivity contribution is 6.55. The Bertz CT molecular complexity index is 311. The number of rotatable bonds is 3. The molecule has 18 heavy (non-hydrogen) atoms. The first kappa shape index (κ1) is 17.2. The van der Waals surface area contributed by atoms with Crippen molar-refractivity contribution in [1.29, 1.82) is 0 Å². The van der Waals surface area contributed by atoms with Crippen molar-refractivity contribution in [2.75, 3.05) is 0 Å². The van der Waals surface area contributed by atoms with Crippen molar-refractivity contribution >= 4 is 7.12 Å². The molecule has 2 nitrogen and oxygen atoms in total. The molecule has 1 rings (SSSR count). The van der Waals surface area contributed by atoms with Gasteiger partial charge >= 0.3 is 7.12 Å². The molecule has 0 aromatic heterocycles. The Morgan fingerprint density at radius 3 is 1.83 bits per heavy atom. The van der Waals surface area contributed by atoms with Gasteiger partial charge in [-0.3, -0.25) is 0 Å². The number of allylic oxidation sites excluding steroid dienone is 5. The van der Waals surface area contributed by atoms with E-state index < -0.39 is 0 Å². The van der Waals surface area contributed by atoms with Gasteiger partial charge in [0.25, 0.3) is 0 Å². The van der Waals surface area contributed by atoms with E-state index in [1.165, 1.54) is 0 Å². The third kappa shape index (κ3) is 3.86. The summed E-state index contributed by atoms with van der Waals surface area (Å²) in [7, 11) is -0.321. The molecule has 0 amide bonds. The smallest absolute Gasteiger partial charge is 0.399 e. The molecule has 0 saturated carbocycles. The van der Waals surface area contributed by atoms with Crippen LogP contribution in [0.1, 0.15) is 48.5 Å². The Balaban J connectivity index is 0.00000137. The van der Waals surface area contributed by atoms with E-state index in [9.17, 15) is 0 Å². The summed E-state index contributed by atoms with van der Waals surface area (Å²) in [6.07, 6.45) is 7.67. The van der Waals surface area contributed by atoms with Gasteiger partial charge in [0.15, 0.2) is 0 Å². The van der Waals surface area contributed by atoms with Gasteiger partial charge in [0.05, 0.1) is 11.2 Å². The maximum Gasteiger partial charge on any atom is 0.494 e. The van der Waals surface area contributed by atoms with Crippen LogP contribution in [0.2, 0.25) is 0 Å². The van der Waals surface area contributed by atoms with Crippen molar-refractivity contribution < 1.29 is 9.31 Å². The van der Waals surface area contributed by atoms with Crippen LogP contribution in [0.4, 0.5) is 0 Å². The lowest BCUT2D eigenvalue weighted by Gasteiger charge is -2.32. The maximum absolute atomic E-state index is 5.92. The van der Waals surface area contributed by atoms with Gasteiger partial charge in [-0.15, -0.1) is 0 Å². The van der Waals surface area contributed by atoms with Crippen molar-refractivity contribution in [1.82, 2.24) is 0 Å². The molecule has 0 aromatic carbocycles. The fourth-order valence-electron chi connectivity index (χ4n) is 1.43. The van der Waals surface area contributed by atoms with Gasteiger partial charge in [0, 0.05) is 0 Å². The Morgan fingerprint density at radius 1 is 1.06 bits per heavy atom. The van der Waals surface area contributed by atoms with E-state index in [0.717, 1.165) is 5.47 Å². The van der Waals surface area contributed by atoms with E-state index in [1.54, 1.807) is 6.08 Å². The van der Waals surface area contributed by atoms with E-state index in [1.807, 2.05) is 66.7 Å². The molecule has 0 radical (unpaired) electrons. The van der Waals surface area contributed by atoms with Crippen LogP contribution in [0.15, 0.2) is 36.4 Å². The molecule has 1 aliphatic heterocycles. The van der Waals surface area contributed by atoms with Crippen LogP contribution in [-0.2, 0) is 9.31 Å². The molecule has 0 spiro atoms. The molecule has 0 N–H and O–H groups in total. The van der Waals surface area contributed by atoms with Crippen LogP contribution in [0.5, 0.6) is 0 Å². The summed E-state index contributed by atoms with van der Waals surface area (Å²) in [5.41, 5.74) is 0.363. The number of hydrogen-bond donors (Lipinski definition) is 0. The van der Waals surface area contributed by atoms with Gasteiger partial charge in [-0.05, 0) is 40.1 Å². The van der Waals surface area contributed by atoms with Crippen molar-refractivity contribution in [3.05, 3.63) is 36.4 Å². The highest BCUT2D eigenvalue weighted by atomic mass is 16.7. The Kier molecular flexibility index (Phi) is 6.65. The average Bonchev–Trinajstić information content (AvgIpc) is 2.52. The van der Waals surface area contributed by atoms with Crippen molar-refractivity contribution in [3.63, 3.8) is 0 Å². The van der Waals surface area contributed by atoms with Crippen LogP contribution in [0.3, 0.4) is 0 Å². The highest BCUT2D eigenvalue weighted by Gasteiger charge is 2.51. The van der Waals surface area contributed by atoms with Crippen LogP contribution in [0, 0.1) is 0 Å². The molecule has 102 valence electrons. The first-order valence-electron chi connectivity index (χ1n) is 6.65. The van der Waals surface area contributed by atoms with Gasteiger partial charge in [0.1, 0.15) is 0 Å². The van der Waals surface area contributed by atoms with Crippen molar-refractivity contribution in [2.45, 2.75) is 59.7 Å². The first-order chi connectivity index (χ1) is 8.34. The standard InChI is InChI=1S/C13H21BO2.C2H6/c1-7-9-10-11(8-2)14-15-12(3,4)13(5,6)16-14;1-2/h7-10H,2H2,1,3-6H3;1-2H3/b9-7-,11-10+;. The van der Waals surface area contributed by atoms with E-state index in [0.29, 0.717) is 0 Å². The molecule has 3 heteroatoms. The Morgan fingerprint density at radius 2 is 1.50 bits per heavy atom. The van der Waals surface area contributed by atoms with E-state index in [-0.39, 0.29) is 18.3 Å². The zero-order valence-corrected chi connectivity index (χ0v) is 12.9. The minimum absolute atomic E-state index is 0.296. The Hall–Kier alpha value is -0.795. The zero-order valence-electron chi connectivity index (χ0n) is 12.9. The summed E-state index contributed by atoms with van der Waals surface area (Å²) in [6, 6.07) is 0. The quantitative estimate of drug-likeness (QED) is 0.548. The summed E-state index contributed by atoms with van der Waals surface area (Å²) in [5, 5.41) is 0. The first-order valence-corrected chi connectivity index (χ1v) is 6.65. The normalized spacial score (nSPS) is 21.7. The van der Waals surface area contributed by atoms with Gasteiger partial charge in [0.2, 0.25) is 0 Å². The van der Waals surface area contributed by atoms with Crippen LogP contribution < -0.4 is 0 Å². The highest BCUT2D eigenvalue weighted by Crippen LogP contribution is 2.38. The third-order valence-electron chi connectivity index (χ3n) is 3.24. The molecule has 0 atom stereocenters. The molecule has 1 aliphatic rings. The summed E-state index contributed by atoms with van der Waals surface area (Å²) in [5.74, 6) is 0. The monoisotopic (exact) mass is 250 g/mol. The molecule has 0 unspecified atom stereocenters. The van der Waals surface area contributed by atoms with Gasteiger partial charge in [-0.1, -0.05) is 44.7 Å². The van der Waals surface area contributed by atoms with Crippen molar-refractivity contribution in [2.24, 2.45) is 0 Å². The van der Waals surface area contributed by atoms with Gasteiger partial charge in [-0.25, -0.2) is 0 Å². The second-order valence-electron chi connectivity index (χ2n) is 4.98. The molecule has 0 aromatic rings. The Labute approximate surface area is 113 Å². The zero-order chi connectivity index (χ0) is 14.4. The van der Waals surface area contributed by atoms with Gasteiger partial charge < -0.3 is 9.31 Å². The molecule has 0 bridgehead atoms. The van der Waals surface area contributed by atoms with E-state index in [2.05, 4.69) is 6.58 Å². The largest absolute Gasteiger partial charge is 0.494 e. The minimum Gasteiger partial charge on any atom is -0.399 e. The van der Waals surface area contributed by atoms with Crippen LogP contribution in [-0.4, -0.2) is 18.3 Å². The molecule has 1 fully saturated rings. The second-order valence-corrected chi connectivity index (χ2v) is 4.98. The van der Waals surface area contributed by atoms with Crippen LogP contribution in [0.25, 0.3) is 0 Å². The second kappa shape index (κ2) is 6.96. The molecular weight excluding hydrogens is 223 g/mol. The third-order valence-corrected chi connectivity index (χ3v) is 3.24. The number of hydrogen-bond acceptors (Lipinski definition) is 2. The summed E-state index contributed by atoms with van der Waals surface area (Å²) >= 11 is 0. The summed E-state index contributed by atoms with van der Waals surface area (Å²) in [4.78, 5) is 0. The molecule has 1 heterocycles. The van der Waals surface area contributed by atoms with E-state index in [4.69, 9.17) is 9.31 Å². The summed E-state index contributed by atoms with van der Waals surface area (Å²) < 4.78 is 11.8. The van der Waals surface area contributed by atoms with Gasteiger partial charge in [-0.2, -0.15) is 0 Å². The lowest BCUT2D eigenvalue weighted by atomic mass is 9.78. The minimum atomic E-state index is -0.321. The molecular formula is C15H27BO2. The van der Waals surface area contributed by atoms with Crippen molar-refractivity contribution in [3.8, 4) is 0 Å². The predicted molar refractivity (Wildman–Crippen MR) is 80.5 cm³/mol. The average molecular weight is 250 g/mol. The van der Waals surface area contributed by atoms with E-state index >= 15 is 0 Å². The maximum atomic E-state index is 5.92. The molecule has 1 saturated heterocycles. The lowest BCUT2D eigenvalue weighted by Crippen LogP contribution is -2.41. The lowest BCUT2D eigenvalue weighted by molar-refractivity contribution is 0.00578. The fraction of sp³-hybridized carbons (Fsp3) is 0.600. The fourth-order valence-corrected chi connectivity index (χ4v) is 1.43. The molecule has 0 aliphatic carbocycles.